The Bertz CT molecular complexity index is 483. The molecular weight excluding hydrogens is 342 g/mol. The molecule has 1 unspecified atom stereocenters. The number of esters is 1. The molecule has 0 radical (unpaired) electrons. The van der Waals surface area contributed by atoms with Crippen LogP contribution in [-0.2, 0) is 4.74 Å². The lowest BCUT2D eigenvalue weighted by molar-refractivity contribution is -0.946. The summed E-state index contributed by atoms with van der Waals surface area (Å²) in [7, 11) is 0. The van der Waals surface area contributed by atoms with Crippen LogP contribution in [0.25, 0.3) is 0 Å². The van der Waals surface area contributed by atoms with Gasteiger partial charge in [0, 0.05) is 18.8 Å². The van der Waals surface area contributed by atoms with E-state index in [1.54, 1.807) is 0 Å². The molecule has 0 amide bonds. The maximum atomic E-state index is 12.3. The van der Waals surface area contributed by atoms with Crippen LogP contribution in [0.4, 0.5) is 0 Å². The van der Waals surface area contributed by atoms with E-state index in [2.05, 4.69) is 6.92 Å². The summed E-state index contributed by atoms with van der Waals surface area (Å²) in [6.45, 7) is 7.10. The van der Waals surface area contributed by atoms with Crippen molar-refractivity contribution in [2.45, 2.75) is 38.7 Å². The summed E-state index contributed by atoms with van der Waals surface area (Å²) in [5.41, 5.74) is 0.675. The highest BCUT2D eigenvalue weighted by molar-refractivity contribution is 5.89. The molecule has 1 atom stereocenters. The molecule has 1 aromatic rings. The number of carbonyl (C=O) groups is 1. The van der Waals surface area contributed by atoms with Crippen LogP contribution in [0.2, 0.25) is 0 Å². The molecule has 122 valence electrons. The standard InChI is InChI=1S/C18H26NO2.BrH/c1-2-3-11-19-12-9-15(10-13-19)17(14-19)21-18(20)16-7-5-4-6-8-16;/h4-8,15,17H,2-3,9-14H2,1H3;1H/q+1;/p-1. The van der Waals surface area contributed by atoms with Gasteiger partial charge in [-0.1, -0.05) is 31.5 Å². The second-order valence-electron chi connectivity index (χ2n) is 6.70. The maximum Gasteiger partial charge on any atom is 0.338 e. The lowest BCUT2D eigenvalue weighted by atomic mass is 9.83. The Labute approximate surface area is 144 Å². The Balaban J connectivity index is 0.00000176. The second-order valence-corrected chi connectivity index (χ2v) is 6.70. The monoisotopic (exact) mass is 367 g/mol. The normalized spacial score (nSPS) is 29.7. The lowest BCUT2D eigenvalue weighted by Crippen LogP contribution is -3.00. The highest BCUT2D eigenvalue weighted by atomic mass is 79.9. The van der Waals surface area contributed by atoms with Gasteiger partial charge in [0.1, 0.15) is 6.54 Å². The minimum atomic E-state index is -0.150. The van der Waals surface area contributed by atoms with Gasteiger partial charge < -0.3 is 26.2 Å². The largest absolute Gasteiger partial charge is 1.00 e. The molecule has 0 N–H and O–H groups in total. The van der Waals surface area contributed by atoms with E-state index in [1.165, 1.54) is 49.8 Å². The van der Waals surface area contributed by atoms with Crippen molar-refractivity contribution in [2.24, 2.45) is 5.92 Å². The molecule has 3 nitrogen and oxygen atoms in total. The fourth-order valence-corrected chi connectivity index (χ4v) is 3.94. The van der Waals surface area contributed by atoms with Crippen molar-refractivity contribution in [1.82, 2.24) is 0 Å². The van der Waals surface area contributed by atoms with Crippen molar-refractivity contribution in [2.75, 3.05) is 26.2 Å². The van der Waals surface area contributed by atoms with Crippen LogP contribution in [0.1, 0.15) is 43.0 Å². The molecule has 1 aromatic carbocycles. The van der Waals surface area contributed by atoms with Gasteiger partial charge in [-0.15, -0.1) is 0 Å². The number of ether oxygens (including phenoxy) is 1. The smallest absolute Gasteiger partial charge is 0.338 e. The summed E-state index contributed by atoms with van der Waals surface area (Å²) in [5, 5.41) is 0. The zero-order chi connectivity index (χ0) is 14.7. The predicted molar refractivity (Wildman–Crippen MR) is 83.0 cm³/mol. The number of hydrogen-bond acceptors (Lipinski definition) is 2. The van der Waals surface area contributed by atoms with Gasteiger partial charge in [0.2, 0.25) is 0 Å². The van der Waals surface area contributed by atoms with Crippen LogP contribution in [-0.4, -0.2) is 42.7 Å². The van der Waals surface area contributed by atoms with Crippen LogP contribution in [0, 0.1) is 5.92 Å². The van der Waals surface area contributed by atoms with E-state index >= 15 is 0 Å². The molecule has 4 rings (SSSR count). The van der Waals surface area contributed by atoms with E-state index in [0.29, 0.717) is 11.5 Å². The lowest BCUT2D eigenvalue weighted by Gasteiger charge is -2.52. The van der Waals surface area contributed by atoms with Crippen LogP contribution < -0.4 is 17.0 Å². The quantitative estimate of drug-likeness (QED) is 0.551. The molecule has 22 heavy (non-hydrogen) atoms. The Hall–Kier alpha value is -0.870. The maximum absolute atomic E-state index is 12.3. The molecular formula is C18H26BrNO2. The van der Waals surface area contributed by atoms with Crippen LogP contribution in [0.15, 0.2) is 30.3 Å². The Kier molecular flexibility index (Phi) is 6.04. The van der Waals surface area contributed by atoms with Crippen molar-refractivity contribution < 1.29 is 31.0 Å². The first kappa shape index (κ1) is 17.5. The SMILES string of the molecule is CCCC[N+]12CCC(CC1)C(OC(=O)c1ccccc1)C2.[Br-]. The summed E-state index contributed by atoms with van der Waals surface area (Å²) in [5.74, 6) is 0.433. The number of benzene rings is 1. The van der Waals surface area contributed by atoms with Crippen molar-refractivity contribution >= 4 is 5.97 Å². The van der Waals surface area contributed by atoms with Crippen molar-refractivity contribution in [1.29, 1.82) is 0 Å². The van der Waals surface area contributed by atoms with Gasteiger partial charge in [0.05, 0.1) is 25.2 Å². The number of carbonyl (C=O) groups excluding carboxylic acids is 1. The number of rotatable bonds is 5. The van der Waals surface area contributed by atoms with E-state index < -0.39 is 0 Å². The van der Waals surface area contributed by atoms with Crippen molar-refractivity contribution in [3.05, 3.63) is 35.9 Å². The molecule has 0 spiro atoms. The number of fused-ring (bicyclic) bond motifs is 3. The van der Waals surface area contributed by atoms with E-state index in [1.807, 2.05) is 30.3 Å². The summed E-state index contributed by atoms with van der Waals surface area (Å²) in [4.78, 5) is 12.3. The molecule has 3 aliphatic heterocycles. The van der Waals surface area contributed by atoms with E-state index in [0.717, 1.165) is 6.54 Å². The number of nitrogens with zero attached hydrogens (tertiary/aromatic N) is 1. The summed E-state index contributed by atoms with van der Waals surface area (Å²) in [6, 6.07) is 9.39. The third-order valence-corrected chi connectivity index (χ3v) is 5.30. The summed E-state index contributed by atoms with van der Waals surface area (Å²) >= 11 is 0. The molecule has 3 aliphatic rings. The average molecular weight is 368 g/mol. The molecule has 3 fully saturated rings. The van der Waals surface area contributed by atoms with Gasteiger partial charge in [0.25, 0.3) is 0 Å². The van der Waals surface area contributed by atoms with E-state index in [4.69, 9.17) is 4.74 Å². The molecule has 3 saturated heterocycles. The first-order valence-corrected chi connectivity index (χ1v) is 8.33. The summed E-state index contributed by atoms with van der Waals surface area (Å²) in [6.07, 6.45) is 5.09. The van der Waals surface area contributed by atoms with Crippen LogP contribution in [0.5, 0.6) is 0 Å². The second kappa shape index (κ2) is 7.60. The molecule has 2 bridgehead atoms. The fraction of sp³-hybridized carbons (Fsp3) is 0.611. The zero-order valence-corrected chi connectivity index (χ0v) is 14.9. The highest BCUT2D eigenvalue weighted by Crippen LogP contribution is 2.36. The number of halogens is 1. The topological polar surface area (TPSA) is 26.3 Å². The average Bonchev–Trinajstić information content (AvgIpc) is 2.55. The third kappa shape index (κ3) is 3.72. The van der Waals surface area contributed by atoms with Gasteiger partial charge in [-0.05, 0) is 18.6 Å². The predicted octanol–water partition coefficient (Wildman–Crippen LogP) is 0.257. The molecule has 0 aliphatic carbocycles. The van der Waals surface area contributed by atoms with Gasteiger partial charge >= 0.3 is 5.97 Å². The highest BCUT2D eigenvalue weighted by Gasteiger charge is 2.47. The minimum Gasteiger partial charge on any atom is -1.00 e. The third-order valence-electron chi connectivity index (χ3n) is 5.30. The van der Waals surface area contributed by atoms with Crippen molar-refractivity contribution in [3.63, 3.8) is 0 Å². The number of hydrogen-bond donors (Lipinski definition) is 0. The number of quaternary nitrogens is 1. The van der Waals surface area contributed by atoms with Crippen molar-refractivity contribution in [3.8, 4) is 0 Å². The first-order valence-electron chi connectivity index (χ1n) is 8.33. The molecule has 0 saturated carbocycles. The van der Waals surface area contributed by atoms with Crippen LogP contribution in [0.3, 0.4) is 0 Å². The molecule has 4 heteroatoms. The molecule has 0 aromatic heterocycles. The number of piperidine rings is 3. The molecule has 3 heterocycles. The van der Waals surface area contributed by atoms with E-state index in [9.17, 15) is 4.79 Å². The van der Waals surface area contributed by atoms with Crippen LogP contribution >= 0.6 is 0 Å². The van der Waals surface area contributed by atoms with Gasteiger partial charge in [-0.2, -0.15) is 0 Å². The first-order chi connectivity index (χ1) is 10.2. The zero-order valence-electron chi connectivity index (χ0n) is 13.3. The van der Waals surface area contributed by atoms with Gasteiger partial charge in [-0.25, -0.2) is 4.79 Å². The van der Waals surface area contributed by atoms with Gasteiger partial charge in [-0.3, -0.25) is 0 Å². The van der Waals surface area contributed by atoms with Gasteiger partial charge in [0.15, 0.2) is 6.10 Å². The fourth-order valence-electron chi connectivity index (χ4n) is 3.94. The minimum absolute atomic E-state index is 0. The van der Waals surface area contributed by atoms with E-state index in [-0.39, 0.29) is 29.1 Å². The Morgan fingerprint density at radius 1 is 1.23 bits per heavy atom. The Morgan fingerprint density at radius 3 is 2.55 bits per heavy atom. The summed E-state index contributed by atoms with van der Waals surface area (Å²) < 4.78 is 7.04. The number of unbranched alkanes of at least 4 members (excludes halogenated alkanes) is 1. The Morgan fingerprint density at radius 2 is 1.91 bits per heavy atom.